The maximum absolute atomic E-state index is 11.7. The number of carboxylic acid groups (broad SMARTS) is 1. The third-order valence-electron chi connectivity index (χ3n) is 4.28. The first-order valence-electron chi connectivity index (χ1n) is 7.52. The lowest BCUT2D eigenvalue weighted by atomic mass is 10.1. The summed E-state index contributed by atoms with van der Waals surface area (Å²) < 4.78 is 0.142. The third kappa shape index (κ3) is 2.85. The number of tetrazole rings is 1. The molecule has 0 unspecified atom stereocenters. The summed E-state index contributed by atoms with van der Waals surface area (Å²) in [6.45, 7) is 1.95. The van der Waals surface area contributed by atoms with Gasteiger partial charge in [-0.1, -0.05) is 24.3 Å². The van der Waals surface area contributed by atoms with Crippen molar-refractivity contribution in [2.75, 3.05) is 13.1 Å². The van der Waals surface area contributed by atoms with Gasteiger partial charge in [0.25, 0.3) is 0 Å². The van der Waals surface area contributed by atoms with Crippen LogP contribution in [0.1, 0.15) is 24.8 Å². The molecule has 1 N–H and O–H groups in total. The van der Waals surface area contributed by atoms with Gasteiger partial charge in [0.05, 0.1) is 20.1 Å². The SMILES string of the molecule is Cn1nnc(-c2ccc(C[N+]3(C(=O)O)CCCCC3)cc2)n1. The van der Waals surface area contributed by atoms with Crippen molar-refractivity contribution in [3.05, 3.63) is 29.8 Å². The van der Waals surface area contributed by atoms with E-state index in [0.717, 1.165) is 30.4 Å². The second kappa shape index (κ2) is 5.84. The summed E-state index contributed by atoms with van der Waals surface area (Å²) in [5, 5.41) is 21.6. The van der Waals surface area contributed by atoms with Crippen LogP contribution in [0.25, 0.3) is 11.4 Å². The minimum absolute atomic E-state index is 0.142. The number of aryl methyl sites for hydroxylation is 1. The van der Waals surface area contributed by atoms with Crippen molar-refractivity contribution in [2.45, 2.75) is 25.8 Å². The van der Waals surface area contributed by atoms with Crippen LogP contribution >= 0.6 is 0 Å². The van der Waals surface area contributed by atoms with Gasteiger partial charge in [0.1, 0.15) is 6.54 Å². The van der Waals surface area contributed by atoms with Crippen LogP contribution in [-0.4, -0.2) is 49.0 Å². The zero-order valence-corrected chi connectivity index (χ0v) is 12.6. The van der Waals surface area contributed by atoms with Crippen molar-refractivity contribution in [1.82, 2.24) is 20.2 Å². The molecule has 116 valence electrons. The smallest absolute Gasteiger partial charge is 0.435 e. The summed E-state index contributed by atoms with van der Waals surface area (Å²) in [4.78, 5) is 13.1. The average Bonchev–Trinajstić information content (AvgIpc) is 2.95. The Hall–Kier alpha value is -2.28. The number of rotatable bonds is 3. The maximum atomic E-state index is 11.7. The van der Waals surface area contributed by atoms with Gasteiger partial charge in [-0.05, 0) is 24.5 Å². The van der Waals surface area contributed by atoms with E-state index in [1.807, 2.05) is 24.3 Å². The zero-order chi connectivity index (χ0) is 15.6. The van der Waals surface area contributed by atoms with E-state index in [0.29, 0.717) is 25.5 Å². The Kier molecular flexibility index (Phi) is 3.89. The van der Waals surface area contributed by atoms with Crippen LogP contribution in [0.5, 0.6) is 0 Å². The van der Waals surface area contributed by atoms with Gasteiger partial charge in [-0.2, -0.15) is 9.59 Å². The lowest BCUT2D eigenvalue weighted by molar-refractivity contribution is -0.875. The first-order chi connectivity index (χ1) is 10.6. The number of piperidine rings is 1. The van der Waals surface area contributed by atoms with Gasteiger partial charge in [-0.15, -0.1) is 10.2 Å². The van der Waals surface area contributed by atoms with Crippen molar-refractivity contribution in [1.29, 1.82) is 0 Å². The molecule has 0 saturated carbocycles. The summed E-state index contributed by atoms with van der Waals surface area (Å²) in [5.41, 5.74) is 1.91. The number of hydrogen-bond donors (Lipinski definition) is 1. The van der Waals surface area contributed by atoms with Crippen LogP contribution in [0.3, 0.4) is 0 Å². The molecule has 0 radical (unpaired) electrons. The number of quaternary nitrogens is 1. The molecule has 0 bridgehead atoms. The molecular weight excluding hydrogens is 282 g/mol. The van der Waals surface area contributed by atoms with Crippen LogP contribution in [0, 0.1) is 0 Å². The Bertz CT molecular complexity index is 659. The summed E-state index contributed by atoms with van der Waals surface area (Å²) in [6, 6.07) is 7.77. The lowest BCUT2D eigenvalue weighted by Crippen LogP contribution is -2.54. The highest BCUT2D eigenvalue weighted by atomic mass is 16.4. The standard InChI is InChI=1S/C15H19N5O2/c1-19-17-14(16-18-19)13-7-5-12(6-8-13)11-20(15(21)22)9-3-2-4-10-20/h5-8H,2-4,9-11H2,1H3/p+1. The van der Waals surface area contributed by atoms with Crippen molar-refractivity contribution in [2.24, 2.45) is 7.05 Å². The van der Waals surface area contributed by atoms with Gasteiger partial charge in [0.2, 0.25) is 5.82 Å². The summed E-state index contributed by atoms with van der Waals surface area (Å²) in [7, 11) is 1.72. The molecule has 1 aliphatic heterocycles. The molecule has 0 spiro atoms. The third-order valence-corrected chi connectivity index (χ3v) is 4.28. The summed E-state index contributed by atoms with van der Waals surface area (Å²) in [6.07, 6.45) is 2.37. The molecule has 22 heavy (non-hydrogen) atoms. The molecule has 7 nitrogen and oxygen atoms in total. The van der Waals surface area contributed by atoms with Crippen LogP contribution < -0.4 is 0 Å². The number of carbonyl (C=O) groups is 1. The average molecular weight is 302 g/mol. The van der Waals surface area contributed by atoms with Crippen LogP contribution in [-0.2, 0) is 13.6 Å². The molecule has 2 heterocycles. The van der Waals surface area contributed by atoms with Gasteiger partial charge in [-0.25, -0.2) is 4.48 Å². The molecule has 3 rings (SSSR count). The van der Waals surface area contributed by atoms with Gasteiger partial charge < -0.3 is 5.11 Å². The summed E-state index contributed by atoms with van der Waals surface area (Å²) in [5.74, 6) is 0.578. The Morgan fingerprint density at radius 2 is 1.91 bits per heavy atom. The van der Waals surface area contributed by atoms with E-state index < -0.39 is 6.09 Å². The Morgan fingerprint density at radius 1 is 1.23 bits per heavy atom. The van der Waals surface area contributed by atoms with Gasteiger partial charge >= 0.3 is 6.09 Å². The second-order valence-corrected chi connectivity index (χ2v) is 5.89. The van der Waals surface area contributed by atoms with E-state index in [1.54, 1.807) is 7.05 Å². The fourth-order valence-electron chi connectivity index (χ4n) is 3.04. The van der Waals surface area contributed by atoms with E-state index in [4.69, 9.17) is 0 Å². The molecule has 1 saturated heterocycles. The molecule has 7 heteroatoms. The first-order valence-corrected chi connectivity index (χ1v) is 7.52. The van der Waals surface area contributed by atoms with Gasteiger partial charge in [-0.3, -0.25) is 0 Å². The van der Waals surface area contributed by atoms with Gasteiger partial charge in [0, 0.05) is 11.1 Å². The van der Waals surface area contributed by atoms with E-state index >= 15 is 0 Å². The number of benzene rings is 1. The Labute approximate surface area is 128 Å². The molecule has 1 fully saturated rings. The van der Waals surface area contributed by atoms with E-state index in [-0.39, 0.29) is 4.48 Å². The zero-order valence-electron chi connectivity index (χ0n) is 12.6. The highest BCUT2D eigenvalue weighted by Gasteiger charge is 2.38. The van der Waals surface area contributed by atoms with E-state index in [1.165, 1.54) is 4.80 Å². The number of likely N-dealkylation sites (tertiary alicyclic amines) is 1. The largest absolute Gasteiger partial charge is 0.513 e. The molecule has 1 amide bonds. The molecular formula is C15H20N5O2+. The molecule has 2 aromatic rings. The minimum atomic E-state index is -0.723. The van der Waals surface area contributed by atoms with Crippen LogP contribution in [0.15, 0.2) is 24.3 Å². The Balaban J connectivity index is 1.79. The van der Waals surface area contributed by atoms with E-state index in [2.05, 4.69) is 15.4 Å². The molecule has 1 aromatic carbocycles. The number of aromatic nitrogens is 4. The number of hydrogen-bond acceptors (Lipinski definition) is 4. The highest BCUT2D eigenvalue weighted by Crippen LogP contribution is 2.24. The van der Waals surface area contributed by atoms with Crippen LogP contribution in [0.2, 0.25) is 0 Å². The molecule has 0 aliphatic carbocycles. The summed E-state index contributed by atoms with van der Waals surface area (Å²) >= 11 is 0. The van der Waals surface area contributed by atoms with Crippen LogP contribution in [0.4, 0.5) is 4.79 Å². The normalized spacial score (nSPS) is 17.3. The maximum Gasteiger partial charge on any atom is 0.513 e. The minimum Gasteiger partial charge on any atom is -0.435 e. The predicted molar refractivity (Wildman–Crippen MR) is 79.8 cm³/mol. The number of nitrogens with zero attached hydrogens (tertiary/aromatic N) is 5. The molecule has 0 atom stereocenters. The van der Waals surface area contributed by atoms with Gasteiger partial charge in [0.15, 0.2) is 0 Å². The van der Waals surface area contributed by atoms with Crippen molar-refractivity contribution >= 4 is 6.09 Å². The highest BCUT2D eigenvalue weighted by molar-refractivity contribution is 5.57. The fraction of sp³-hybridized carbons (Fsp3) is 0.467. The fourth-order valence-corrected chi connectivity index (χ4v) is 3.04. The second-order valence-electron chi connectivity index (χ2n) is 5.89. The van der Waals surface area contributed by atoms with E-state index in [9.17, 15) is 9.90 Å². The monoisotopic (exact) mass is 302 g/mol. The number of amides is 1. The Morgan fingerprint density at radius 3 is 2.45 bits per heavy atom. The van der Waals surface area contributed by atoms with Crippen molar-refractivity contribution in [3.8, 4) is 11.4 Å². The first kappa shape index (κ1) is 14.6. The lowest BCUT2D eigenvalue weighted by Gasteiger charge is -2.35. The van der Waals surface area contributed by atoms with Crippen molar-refractivity contribution < 1.29 is 14.4 Å². The molecule has 1 aromatic heterocycles. The quantitative estimate of drug-likeness (QED) is 0.878. The topological polar surface area (TPSA) is 80.9 Å². The van der Waals surface area contributed by atoms with Crippen molar-refractivity contribution in [3.63, 3.8) is 0 Å². The molecule has 1 aliphatic rings. The predicted octanol–water partition coefficient (Wildman–Crippen LogP) is 2.06.